The Hall–Kier alpha value is -3.16. The number of piperazine rings is 1. The van der Waals surface area contributed by atoms with Crippen LogP contribution < -0.4 is 16.0 Å². The molecule has 1 atom stereocenters. The lowest BCUT2D eigenvalue weighted by molar-refractivity contribution is 0.140. The first kappa shape index (κ1) is 22.6. The largest absolute Gasteiger partial charge is 0.369 e. The number of anilines is 1. The minimum atomic E-state index is -0.135. The van der Waals surface area contributed by atoms with Crippen LogP contribution in [0.4, 0.5) is 5.69 Å². The number of para-hydroxylation sites is 1. The number of hydrogen-bond donors (Lipinski definition) is 2. The van der Waals surface area contributed by atoms with Gasteiger partial charge in [0, 0.05) is 43.4 Å². The van der Waals surface area contributed by atoms with Crippen LogP contribution in [0.5, 0.6) is 0 Å². The van der Waals surface area contributed by atoms with Crippen molar-refractivity contribution in [3.63, 3.8) is 0 Å². The third kappa shape index (κ3) is 4.21. The number of nitrogens with one attached hydrogen (secondary N) is 2. The summed E-state index contributed by atoms with van der Waals surface area (Å²) in [5.41, 5.74) is 12.4. The van der Waals surface area contributed by atoms with Gasteiger partial charge in [-0.05, 0) is 69.5 Å². The summed E-state index contributed by atoms with van der Waals surface area (Å²) >= 11 is 0. The van der Waals surface area contributed by atoms with E-state index in [1.54, 1.807) is 0 Å². The highest BCUT2D eigenvalue weighted by atomic mass is 15.8. The number of hydrogen-bond acceptors (Lipinski definition) is 7. The summed E-state index contributed by atoms with van der Waals surface area (Å²) in [4.78, 5) is 9.71. The van der Waals surface area contributed by atoms with Crippen LogP contribution in [-0.2, 0) is 0 Å². The molecule has 0 radical (unpaired) electrons. The molecule has 0 amide bonds. The first-order valence-electron chi connectivity index (χ1n) is 12.1. The second kappa shape index (κ2) is 8.89. The smallest absolute Gasteiger partial charge is 0.164 e. The SMILES string of the molecule is Cc1ccc(C)c(N2CCN(C(C3=NNNN3C(C)(C)C)c3ccnc4ccccc34)CC2)c1. The van der Waals surface area contributed by atoms with Crippen LogP contribution in [0.15, 0.2) is 59.8 Å². The number of hydrazone groups is 1. The summed E-state index contributed by atoms with van der Waals surface area (Å²) in [6.45, 7) is 14.8. The van der Waals surface area contributed by atoms with Crippen molar-refractivity contribution in [3.8, 4) is 0 Å². The Labute approximate surface area is 202 Å². The van der Waals surface area contributed by atoms with Crippen molar-refractivity contribution in [2.45, 2.75) is 46.2 Å². The summed E-state index contributed by atoms with van der Waals surface area (Å²) < 4.78 is 0. The van der Waals surface area contributed by atoms with Gasteiger partial charge in [-0.3, -0.25) is 14.9 Å². The van der Waals surface area contributed by atoms with E-state index in [1.807, 2.05) is 6.20 Å². The van der Waals surface area contributed by atoms with Crippen LogP contribution in [0.1, 0.15) is 43.5 Å². The Morgan fingerprint density at radius 3 is 2.47 bits per heavy atom. The fraction of sp³-hybridized carbons (Fsp3) is 0.407. The highest BCUT2D eigenvalue weighted by molar-refractivity contribution is 5.94. The fourth-order valence-electron chi connectivity index (χ4n) is 5.07. The van der Waals surface area contributed by atoms with Gasteiger partial charge in [0.05, 0.1) is 17.1 Å². The van der Waals surface area contributed by atoms with Gasteiger partial charge in [-0.15, -0.1) is 10.6 Å². The molecule has 5 rings (SSSR count). The monoisotopic (exact) mass is 457 g/mol. The molecular formula is C27H35N7. The zero-order chi connectivity index (χ0) is 23.9. The molecule has 7 heteroatoms. The molecule has 2 N–H and O–H groups in total. The predicted octanol–water partition coefficient (Wildman–Crippen LogP) is 4.15. The molecule has 0 spiro atoms. The molecule has 7 nitrogen and oxygen atoms in total. The van der Waals surface area contributed by atoms with Gasteiger partial charge in [-0.25, -0.2) is 5.53 Å². The molecule has 3 aromatic rings. The molecule has 1 unspecified atom stereocenters. The van der Waals surface area contributed by atoms with Gasteiger partial charge in [-0.1, -0.05) is 30.3 Å². The van der Waals surface area contributed by atoms with Crippen LogP contribution in [0.3, 0.4) is 0 Å². The molecule has 0 bridgehead atoms. The molecule has 0 aliphatic carbocycles. The lowest BCUT2D eigenvalue weighted by atomic mass is 9.96. The number of nitrogens with zero attached hydrogens (tertiary/aromatic N) is 5. The number of pyridine rings is 1. The van der Waals surface area contributed by atoms with Crippen molar-refractivity contribution in [1.29, 1.82) is 0 Å². The maximum atomic E-state index is 4.75. The van der Waals surface area contributed by atoms with E-state index < -0.39 is 0 Å². The molecule has 1 fully saturated rings. The van der Waals surface area contributed by atoms with E-state index in [9.17, 15) is 0 Å². The Kier molecular flexibility index (Phi) is 5.91. The first-order valence-corrected chi connectivity index (χ1v) is 12.1. The zero-order valence-electron chi connectivity index (χ0n) is 20.8. The van der Waals surface area contributed by atoms with Gasteiger partial charge in [0.15, 0.2) is 5.84 Å². The second-order valence-corrected chi connectivity index (χ2v) is 10.3. The van der Waals surface area contributed by atoms with Gasteiger partial charge < -0.3 is 4.90 Å². The second-order valence-electron chi connectivity index (χ2n) is 10.3. The van der Waals surface area contributed by atoms with Crippen LogP contribution >= 0.6 is 0 Å². The Morgan fingerprint density at radius 2 is 1.71 bits per heavy atom. The van der Waals surface area contributed by atoms with Crippen LogP contribution in [0, 0.1) is 13.8 Å². The van der Waals surface area contributed by atoms with E-state index in [-0.39, 0.29) is 11.6 Å². The summed E-state index contributed by atoms with van der Waals surface area (Å²) in [6.07, 6.45) is 1.93. The summed E-state index contributed by atoms with van der Waals surface area (Å²) in [7, 11) is 0. The van der Waals surface area contributed by atoms with Gasteiger partial charge >= 0.3 is 0 Å². The number of benzene rings is 2. The average molecular weight is 458 g/mol. The lowest BCUT2D eigenvalue weighted by Crippen LogP contribution is -2.57. The lowest BCUT2D eigenvalue weighted by Gasteiger charge is -2.43. The number of rotatable bonds is 4. The van der Waals surface area contributed by atoms with Gasteiger partial charge in [0.1, 0.15) is 0 Å². The van der Waals surface area contributed by atoms with E-state index in [4.69, 9.17) is 5.10 Å². The third-order valence-electron chi connectivity index (χ3n) is 6.84. The molecule has 3 heterocycles. The normalized spacial score (nSPS) is 18.2. The highest BCUT2D eigenvalue weighted by Gasteiger charge is 2.39. The minimum Gasteiger partial charge on any atom is -0.369 e. The molecule has 2 aliphatic heterocycles. The Balaban J connectivity index is 1.51. The maximum absolute atomic E-state index is 4.75. The van der Waals surface area contributed by atoms with Crippen LogP contribution in [-0.4, -0.2) is 52.4 Å². The molecular weight excluding hydrogens is 422 g/mol. The van der Waals surface area contributed by atoms with Gasteiger partial charge in [0.2, 0.25) is 0 Å². The molecule has 178 valence electrons. The standard InChI is InChI=1S/C27H35N7/c1-19-10-11-20(2)24(18-19)32-14-16-33(17-15-32)25(26-29-30-31-34(26)27(3,4)5)22-12-13-28-23-9-7-6-8-21(22)23/h6-13,18,25,30-31H,14-17H2,1-5H3. The molecule has 34 heavy (non-hydrogen) atoms. The quantitative estimate of drug-likeness (QED) is 0.614. The van der Waals surface area contributed by atoms with Crippen molar-refractivity contribution in [1.82, 2.24) is 26.0 Å². The highest BCUT2D eigenvalue weighted by Crippen LogP contribution is 2.33. The van der Waals surface area contributed by atoms with Gasteiger partial charge in [0.25, 0.3) is 0 Å². The average Bonchev–Trinajstić information content (AvgIpc) is 3.32. The minimum absolute atomic E-state index is 0.00961. The van der Waals surface area contributed by atoms with Crippen molar-refractivity contribution in [2.75, 3.05) is 31.1 Å². The predicted molar refractivity (Wildman–Crippen MR) is 139 cm³/mol. The van der Waals surface area contributed by atoms with E-state index in [1.165, 1.54) is 27.8 Å². The fourth-order valence-corrected chi connectivity index (χ4v) is 5.07. The Bertz CT molecular complexity index is 1200. The van der Waals surface area contributed by atoms with Crippen molar-refractivity contribution in [3.05, 3.63) is 71.4 Å². The van der Waals surface area contributed by atoms with E-state index in [0.29, 0.717) is 0 Å². The van der Waals surface area contributed by atoms with Crippen molar-refractivity contribution in [2.24, 2.45) is 5.10 Å². The molecule has 1 saturated heterocycles. The third-order valence-corrected chi connectivity index (χ3v) is 6.84. The van der Waals surface area contributed by atoms with Crippen LogP contribution in [0.2, 0.25) is 0 Å². The number of amidine groups is 1. The number of fused-ring (bicyclic) bond motifs is 1. The van der Waals surface area contributed by atoms with E-state index >= 15 is 0 Å². The van der Waals surface area contributed by atoms with Gasteiger partial charge in [-0.2, -0.15) is 0 Å². The van der Waals surface area contributed by atoms with E-state index in [2.05, 4.69) is 114 Å². The van der Waals surface area contributed by atoms with Crippen molar-refractivity contribution >= 4 is 22.4 Å². The Morgan fingerprint density at radius 1 is 0.941 bits per heavy atom. The van der Waals surface area contributed by atoms with E-state index in [0.717, 1.165) is 37.5 Å². The van der Waals surface area contributed by atoms with Crippen molar-refractivity contribution < 1.29 is 0 Å². The molecule has 0 saturated carbocycles. The van der Waals surface area contributed by atoms with Crippen LogP contribution in [0.25, 0.3) is 10.9 Å². The molecule has 1 aromatic heterocycles. The summed E-state index contributed by atoms with van der Waals surface area (Å²) in [5, 5.41) is 8.08. The maximum Gasteiger partial charge on any atom is 0.164 e. The summed E-state index contributed by atoms with van der Waals surface area (Å²) in [6, 6.07) is 17.3. The number of aromatic nitrogens is 1. The topological polar surface area (TPSA) is 59.0 Å². The molecule has 2 aromatic carbocycles. The molecule has 2 aliphatic rings. The summed E-state index contributed by atoms with van der Waals surface area (Å²) in [5.74, 6) is 0.990. The number of aryl methyl sites for hydroxylation is 2. The first-order chi connectivity index (χ1) is 16.3. The zero-order valence-corrected chi connectivity index (χ0v) is 20.8. The number of hydrazine groups is 2.